The van der Waals surface area contributed by atoms with Gasteiger partial charge < -0.3 is 0 Å². The molecule has 0 saturated heterocycles. The van der Waals surface area contributed by atoms with Crippen molar-refractivity contribution in [3.63, 3.8) is 0 Å². The quantitative estimate of drug-likeness (QED) is 0.181. The van der Waals surface area contributed by atoms with Crippen molar-refractivity contribution in [2.45, 2.75) is 0 Å². The van der Waals surface area contributed by atoms with Crippen LogP contribution in [0.4, 0.5) is 0 Å². The molecule has 0 atom stereocenters. The van der Waals surface area contributed by atoms with E-state index in [1.165, 1.54) is 87.6 Å². The normalized spacial score (nSPS) is 11.5. The highest BCUT2D eigenvalue weighted by Gasteiger charge is 2.17. The highest BCUT2D eigenvalue weighted by molar-refractivity contribution is 6.21. The maximum atomic E-state index is 2.36. The molecule has 9 aromatic carbocycles. The molecule has 0 heteroatoms. The van der Waals surface area contributed by atoms with Crippen molar-refractivity contribution in [1.82, 2.24) is 0 Å². The van der Waals surface area contributed by atoms with Crippen LogP contribution >= 0.6 is 0 Å². The fraction of sp³-hybridized carbons (Fsp3) is 0. The van der Waals surface area contributed by atoms with E-state index in [0.29, 0.717) is 0 Å². The summed E-state index contributed by atoms with van der Waals surface area (Å²) in [5.74, 6) is 0. The number of benzene rings is 9. The molecule has 0 fully saturated rings. The van der Waals surface area contributed by atoms with Gasteiger partial charge in [0.2, 0.25) is 0 Å². The van der Waals surface area contributed by atoms with Gasteiger partial charge in [-0.1, -0.05) is 164 Å². The van der Waals surface area contributed by atoms with Gasteiger partial charge >= 0.3 is 0 Å². The monoisotopic (exact) mass is 582 g/mol. The molecule has 214 valence electrons. The van der Waals surface area contributed by atoms with Gasteiger partial charge in [0.05, 0.1) is 0 Å². The van der Waals surface area contributed by atoms with Gasteiger partial charge in [0.15, 0.2) is 0 Å². The number of rotatable bonds is 4. The minimum Gasteiger partial charge on any atom is -0.0622 e. The minimum absolute atomic E-state index is 1.23. The second-order valence-corrected chi connectivity index (χ2v) is 12.1. The van der Waals surface area contributed by atoms with E-state index in [0.717, 1.165) is 0 Å². The van der Waals surface area contributed by atoms with Gasteiger partial charge in [-0.3, -0.25) is 0 Å². The smallest absolute Gasteiger partial charge is 0.00262 e. The summed E-state index contributed by atoms with van der Waals surface area (Å²) >= 11 is 0. The first-order valence-electron chi connectivity index (χ1n) is 15.9. The van der Waals surface area contributed by atoms with E-state index < -0.39 is 0 Å². The molecule has 0 nitrogen and oxygen atoms in total. The van der Waals surface area contributed by atoms with E-state index in [2.05, 4.69) is 182 Å². The third-order valence-electron chi connectivity index (χ3n) is 9.42. The fourth-order valence-corrected chi connectivity index (χ4v) is 7.16. The van der Waals surface area contributed by atoms with Crippen LogP contribution in [0.15, 0.2) is 182 Å². The van der Waals surface area contributed by atoms with Gasteiger partial charge in [-0.25, -0.2) is 0 Å². The zero-order valence-electron chi connectivity index (χ0n) is 25.3. The Morgan fingerprint density at radius 1 is 0.196 bits per heavy atom. The predicted octanol–water partition coefficient (Wildman–Crippen LogP) is 13.0. The summed E-state index contributed by atoms with van der Waals surface area (Å²) in [6, 6.07) is 66.5. The molecule has 0 N–H and O–H groups in total. The highest BCUT2D eigenvalue weighted by atomic mass is 14.2. The summed E-state index contributed by atoms with van der Waals surface area (Å²) in [4.78, 5) is 0. The molecule has 0 unspecified atom stereocenters. The summed E-state index contributed by atoms with van der Waals surface area (Å²) in [6.45, 7) is 0. The molecule has 0 bridgehead atoms. The lowest BCUT2D eigenvalue weighted by Gasteiger charge is -2.18. The highest BCUT2D eigenvalue weighted by Crippen LogP contribution is 2.44. The molecule has 0 saturated carbocycles. The second kappa shape index (κ2) is 10.9. The Hall–Kier alpha value is -5.98. The minimum atomic E-state index is 1.23. The Morgan fingerprint density at radius 3 is 1.13 bits per heavy atom. The lowest BCUT2D eigenvalue weighted by Crippen LogP contribution is -1.91. The lowest BCUT2D eigenvalue weighted by molar-refractivity contribution is 1.61. The third kappa shape index (κ3) is 4.47. The SMILES string of the molecule is c1ccc(-c2ccc(-c3c4ccccc4c(-c4ccc5cc(-c6ccc7ccccc7c6)ccc5c4)c4ccccc34)cc2)cc1. The van der Waals surface area contributed by atoms with Crippen LogP contribution < -0.4 is 0 Å². The van der Waals surface area contributed by atoms with E-state index in [-0.39, 0.29) is 0 Å². The molecule has 0 amide bonds. The van der Waals surface area contributed by atoms with E-state index >= 15 is 0 Å². The molecular weight excluding hydrogens is 553 g/mol. The Balaban J connectivity index is 1.19. The van der Waals surface area contributed by atoms with E-state index in [9.17, 15) is 0 Å². The van der Waals surface area contributed by atoms with Crippen LogP contribution in [0.2, 0.25) is 0 Å². The number of hydrogen-bond acceptors (Lipinski definition) is 0. The largest absolute Gasteiger partial charge is 0.0622 e. The van der Waals surface area contributed by atoms with Crippen molar-refractivity contribution < 1.29 is 0 Å². The molecule has 0 spiro atoms. The standard InChI is InChI=1S/C46H30/c1-2-10-31(11-3-1)33-18-21-34(22-19-33)45-41-14-6-8-16-43(41)46(44-17-9-7-15-42(44)45)40-27-26-38-29-37(24-25-39(38)30-40)36-23-20-32-12-4-5-13-35(32)28-36/h1-30H. The van der Waals surface area contributed by atoms with Crippen molar-refractivity contribution in [3.8, 4) is 44.5 Å². The molecule has 46 heavy (non-hydrogen) atoms. The van der Waals surface area contributed by atoms with Gasteiger partial charge in [0.1, 0.15) is 0 Å². The first kappa shape index (κ1) is 26.4. The summed E-state index contributed by atoms with van der Waals surface area (Å²) in [6.07, 6.45) is 0. The number of hydrogen-bond donors (Lipinski definition) is 0. The molecule has 0 radical (unpaired) electrons. The van der Waals surface area contributed by atoms with Crippen LogP contribution in [-0.2, 0) is 0 Å². The Labute approximate surface area is 268 Å². The van der Waals surface area contributed by atoms with Crippen LogP contribution in [0, 0.1) is 0 Å². The van der Waals surface area contributed by atoms with Gasteiger partial charge in [-0.2, -0.15) is 0 Å². The number of fused-ring (bicyclic) bond motifs is 4. The molecule has 9 aromatic rings. The van der Waals surface area contributed by atoms with E-state index in [1.807, 2.05) is 0 Å². The predicted molar refractivity (Wildman–Crippen MR) is 198 cm³/mol. The van der Waals surface area contributed by atoms with Crippen LogP contribution in [0.1, 0.15) is 0 Å². The Morgan fingerprint density at radius 2 is 0.543 bits per heavy atom. The van der Waals surface area contributed by atoms with Crippen molar-refractivity contribution in [1.29, 1.82) is 0 Å². The third-order valence-corrected chi connectivity index (χ3v) is 9.42. The maximum absolute atomic E-state index is 2.36. The summed E-state index contributed by atoms with van der Waals surface area (Å²) in [7, 11) is 0. The van der Waals surface area contributed by atoms with Crippen molar-refractivity contribution in [3.05, 3.63) is 182 Å². The molecule has 0 heterocycles. The molecule has 9 rings (SSSR count). The zero-order chi connectivity index (χ0) is 30.5. The first-order chi connectivity index (χ1) is 22.8. The second-order valence-electron chi connectivity index (χ2n) is 12.1. The Bertz CT molecular complexity index is 2500. The zero-order valence-corrected chi connectivity index (χ0v) is 25.3. The van der Waals surface area contributed by atoms with E-state index in [1.54, 1.807) is 0 Å². The molecule has 0 aliphatic carbocycles. The summed E-state index contributed by atoms with van der Waals surface area (Å²) in [5.41, 5.74) is 10.0. The van der Waals surface area contributed by atoms with Crippen molar-refractivity contribution in [2.24, 2.45) is 0 Å². The van der Waals surface area contributed by atoms with Crippen LogP contribution in [0.5, 0.6) is 0 Å². The van der Waals surface area contributed by atoms with Gasteiger partial charge in [-0.15, -0.1) is 0 Å². The Kier molecular flexibility index (Phi) is 6.25. The van der Waals surface area contributed by atoms with Gasteiger partial charge in [0, 0.05) is 0 Å². The maximum Gasteiger partial charge on any atom is -0.00262 e. The average molecular weight is 583 g/mol. The van der Waals surface area contributed by atoms with Gasteiger partial charge in [-0.05, 0) is 106 Å². The average Bonchev–Trinajstić information content (AvgIpc) is 3.13. The topological polar surface area (TPSA) is 0 Å². The molecule has 0 aliphatic rings. The van der Waals surface area contributed by atoms with Crippen LogP contribution in [-0.4, -0.2) is 0 Å². The summed E-state index contributed by atoms with van der Waals surface area (Å²) < 4.78 is 0. The van der Waals surface area contributed by atoms with Crippen molar-refractivity contribution >= 4 is 43.1 Å². The molecule has 0 aliphatic heterocycles. The van der Waals surface area contributed by atoms with Crippen LogP contribution in [0.3, 0.4) is 0 Å². The lowest BCUT2D eigenvalue weighted by atomic mass is 9.85. The van der Waals surface area contributed by atoms with E-state index in [4.69, 9.17) is 0 Å². The fourth-order valence-electron chi connectivity index (χ4n) is 7.16. The first-order valence-corrected chi connectivity index (χ1v) is 15.9. The van der Waals surface area contributed by atoms with Crippen LogP contribution in [0.25, 0.3) is 87.6 Å². The summed E-state index contributed by atoms with van der Waals surface area (Å²) in [5, 5.41) is 10.1. The van der Waals surface area contributed by atoms with Gasteiger partial charge in [0.25, 0.3) is 0 Å². The molecule has 0 aromatic heterocycles. The molecular formula is C46H30. The van der Waals surface area contributed by atoms with Crippen molar-refractivity contribution in [2.75, 3.05) is 0 Å².